The highest BCUT2D eigenvalue weighted by atomic mass is 19.1. The topological polar surface area (TPSA) is 75.6 Å². The van der Waals surface area contributed by atoms with Gasteiger partial charge in [0.2, 0.25) is 0 Å². The predicted octanol–water partition coefficient (Wildman–Crippen LogP) is 2.99. The minimum absolute atomic E-state index is 0.0447. The Morgan fingerprint density at radius 3 is 2.57 bits per heavy atom. The van der Waals surface area contributed by atoms with Crippen molar-refractivity contribution in [1.29, 1.82) is 0 Å². The highest BCUT2D eigenvalue weighted by molar-refractivity contribution is 5.98. The van der Waals surface area contributed by atoms with E-state index < -0.39 is 23.2 Å². The fraction of sp³-hybridized carbons (Fsp3) is 0.529. The third-order valence-corrected chi connectivity index (χ3v) is 4.73. The van der Waals surface area contributed by atoms with Crippen LogP contribution in [0.2, 0.25) is 0 Å². The van der Waals surface area contributed by atoms with Gasteiger partial charge in [-0.15, -0.1) is 0 Å². The molecule has 1 saturated carbocycles. The Morgan fingerprint density at radius 1 is 1.39 bits per heavy atom. The van der Waals surface area contributed by atoms with E-state index in [9.17, 15) is 19.1 Å². The van der Waals surface area contributed by atoms with Crippen LogP contribution < -0.4 is 10.1 Å². The van der Waals surface area contributed by atoms with E-state index in [1.54, 1.807) is 0 Å². The number of carboxylic acids is 1. The number of aliphatic carboxylic acids is 1. The summed E-state index contributed by atoms with van der Waals surface area (Å²) in [5.74, 6) is -2.14. The Bertz CT molecular complexity index is 594. The Hall–Kier alpha value is -2.11. The second kappa shape index (κ2) is 6.98. The molecule has 0 radical (unpaired) electrons. The highest BCUT2D eigenvalue weighted by Gasteiger charge is 2.43. The van der Waals surface area contributed by atoms with Crippen LogP contribution in [0.1, 0.15) is 49.4 Å². The first-order chi connectivity index (χ1) is 10.9. The average molecular weight is 323 g/mol. The van der Waals surface area contributed by atoms with Crippen LogP contribution in [-0.4, -0.2) is 29.6 Å². The normalized spacial score (nSPS) is 24.0. The summed E-state index contributed by atoms with van der Waals surface area (Å²) >= 11 is 0. The van der Waals surface area contributed by atoms with Crippen LogP contribution in [0.3, 0.4) is 0 Å². The molecular formula is C17H22FNO4. The molecule has 0 saturated heterocycles. The molecule has 1 aromatic carbocycles. The molecule has 126 valence electrons. The van der Waals surface area contributed by atoms with Gasteiger partial charge in [0.25, 0.3) is 5.91 Å². The van der Waals surface area contributed by atoms with Crippen molar-refractivity contribution in [2.24, 2.45) is 5.92 Å². The molecule has 0 bridgehead atoms. The standard InChI is InChI=1S/C17H22FNO4/c1-3-11-7-9-17(10-8-11,16(21)22)19-15(20)12-5-4-6-13(23-2)14(12)18/h4-6,11H,3,7-10H2,1-2H3,(H,19,20)(H,21,22). The lowest BCUT2D eigenvalue weighted by atomic mass is 9.75. The molecule has 1 amide bonds. The van der Waals surface area contributed by atoms with Crippen molar-refractivity contribution in [1.82, 2.24) is 5.32 Å². The van der Waals surface area contributed by atoms with Gasteiger partial charge in [0, 0.05) is 0 Å². The molecule has 0 spiro atoms. The Kier molecular flexibility index (Phi) is 5.23. The van der Waals surface area contributed by atoms with E-state index in [1.165, 1.54) is 25.3 Å². The molecular weight excluding hydrogens is 301 g/mol. The number of hydrogen-bond donors (Lipinski definition) is 2. The Labute approximate surface area is 134 Å². The molecule has 6 heteroatoms. The largest absolute Gasteiger partial charge is 0.494 e. The van der Waals surface area contributed by atoms with Crippen molar-refractivity contribution >= 4 is 11.9 Å². The maximum absolute atomic E-state index is 14.2. The van der Waals surface area contributed by atoms with Gasteiger partial charge in [-0.25, -0.2) is 9.18 Å². The van der Waals surface area contributed by atoms with Crippen LogP contribution in [0, 0.1) is 11.7 Å². The molecule has 5 nitrogen and oxygen atoms in total. The van der Waals surface area contributed by atoms with E-state index in [0.717, 1.165) is 19.3 Å². The van der Waals surface area contributed by atoms with E-state index in [4.69, 9.17) is 4.74 Å². The maximum Gasteiger partial charge on any atom is 0.329 e. The molecule has 0 heterocycles. The van der Waals surface area contributed by atoms with Gasteiger partial charge in [-0.05, 0) is 43.7 Å². The summed E-state index contributed by atoms with van der Waals surface area (Å²) in [5.41, 5.74) is -1.53. The number of halogens is 1. The van der Waals surface area contributed by atoms with Crippen LogP contribution in [-0.2, 0) is 4.79 Å². The lowest BCUT2D eigenvalue weighted by molar-refractivity contribution is -0.146. The van der Waals surface area contributed by atoms with Gasteiger partial charge in [0.15, 0.2) is 11.6 Å². The second-order valence-corrected chi connectivity index (χ2v) is 6.01. The fourth-order valence-electron chi connectivity index (χ4n) is 3.10. The van der Waals surface area contributed by atoms with Crippen molar-refractivity contribution in [2.75, 3.05) is 7.11 Å². The summed E-state index contributed by atoms with van der Waals surface area (Å²) in [7, 11) is 1.31. The number of rotatable bonds is 5. The SMILES string of the molecule is CCC1CCC(NC(=O)c2cccc(OC)c2F)(C(=O)O)CC1. The summed E-state index contributed by atoms with van der Waals surface area (Å²) in [6.45, 7) is 2.07. The van der Waals surface area contributed by atoms with Crippen LogP contribution in [0.4, 0.5) is 4.39 Å². The van der Waals surface area contributed by atoms with Gasteiger partial charge in [-0.2, -0.15) is 0 Å². The molecule has 2 N–H and O–H groups in total. The van der Waals surface area contributed by atoms with Crippen molar-refractivity contribution in [3.63, 3.8) is 0 Å². The minimum Gasteiger partial charge on any atom is -0.494 e. The van der Waals surface area contributed by atoms with Gasteiger partial charge in [-0.1, -0.05) is 19.4 Å². The summed E-state index contributed by atoms with van der Waals surface area (Å²) in [6, 6.07) is 4.23. The molecule has 0 atom stereocenters. The van der Waals surface area contributed by atoms with Gasteiger partial charge < -0.3 is 15.2 Å². The third kappa shape index (κ3) is 3.46. The average Bonchev–Trinajstić information content (AvgIpc) is 2.55. The number of ether oxygens (including phenoxy) is 1. The zero-order chi connectivity index (χ0) is 17.0. The number of carbonyl (C=O) groups is 2. The van der Waals surface area contributed by atoms with Gasteiger partial charge in [0.05, 0.1) is 12.7 Å². The van der Waals surface area contributed by atoms with Crippen molar-refractivity contribution in [2.45, 2.75) is 44.6 Å². The van der Waals surface area contributed by atoms with E-state index >= 15 is 0 Å². The van der Waals surface area contributed by atoms with Crippen molar-refractivity contribution < 1.29 is 23.8 Å². The van der Waals surface area contributed by atoms with E-state index in [2.05, 4.69) is 12.2 Å². The Balaban J connectivity index is 2.21. The molecule has 2 rings (SSSR count). The number of nitrogens with one attached hydrogen (secondary N) is 1. The molecule has 0 aromatic heterocycles. The molecule has 1 aliphatic carbocycles. The molecule has 0 unspecified atom stereocenters. The molecule has 23 heavy (non-hydrogen) atoms. The smallest absolute Gasteiger partial charge is 0.329 e. The summed E-state index contributed by atoms with van der Waals surface area (Å²) in [6.07, 6.45) is 3.19. The van der Waals surface area contributed by atoms with Gasteiger partial charge in [0.1, 0.15) is 5.54 Å². The molecule has 1 aromatic rings. The van der Waals surface area contributed by atoms with E-state index in [0.29, 0.717) is 18.8 Å². The summed E-state index contributed by atoms with van der Waals surface area (Å²) in [5, 5.41) is 12.1. The number of hydrogen-bond acceptors (Lipinski definition) is 3. The fourth-order valence-corrected chi connectivity index (χ4v) is 3.10. The van der Waals surface area contributed by atoms with Crippen LogP contribution in [0.15, 0.2) is 18.2 Å². The third-order valence-electron chi connectivity index (χ3n) is 4.73. The number of amides is 1. The predicted molar refractivity (Wildman–Crippen MR) is 83.0 cm³/mol. The lowest BCUT2D eigenvalue weighted by Gasteiger charge is -2.37. The molecule has 1 aliphatic rings. The summed E-state index contributed by atoms with van der Waals surface area (Å²) in [4.78, 5) is 24.1. The zero-order valence-electron chi connectivity index (χ0n) is 13.4. The number of carboxylic acid groups (broad SMARTS) is 1. The quantitative estimate of drug-likeness (QED) is 0.873. The minimum atomic E-state index is -1.32. The lowest BCUT2D eigenvalue weighted by Crippen LogP contribution is -2.56. The van der Waals surface area contributed by atoms with E-state index in [-0.39, 0.29) is 11.3 Å². The zero-order valence-corrected chi connectivity index (χ0v) is 13.4. The maximum atomic E-state index is 14.2. The monoisotopic (exact) mass is 323 g/mol. The number of benzene rings is 1. The summed E-state index contributed by atoms with van der Waals surface area (Å²) < 4.78 is 19.0. The van der Waals surface area contributed by atoms with E-state index in [1.807, 2.05) is 0 Å². The Morgan fingerprint density at radius 2 is 2.04 bits per heavy atom. The first-order valence-corrected chi connectivity index (χ1v) is 7.82. The molecule has 0 aliphatic heterocycles. The molecule has 1 fully saturated rings. The van der Waals surface area contributed by atoms with Crippen LogP contribution in [0.5, 0.6) is 5.75 Å². The van der Waals surface area contributed by atoms with Crippen LogP contribution >= 0.6 is 0 Å². The first kappa shape index (κ1) is 17.2. The number of methoxy groups -OCH3 is 1. The number of carbonyl (C=O) groups excluding carboxylic acids is 1. The van der Waals surface area contributed by atoms with Gasteiger partial charge >= 0.3 is 5.97 Å². The first-order valence-electron chi connectivity index (χ1n) is 7.82. The van der Waals surface area contributed by atoms with Gasteiger partial charge in [-0.3, -0.25) is 4.79 Å². The highest BCUT2D eigenvalue weighted by Crippen LogP contribution is 2.34. The second-order valence-electron chi connectivity index (χ2n) is 6.01. The van der Waals surface area contributed by atoms with Crippen molar-refractivity contribution in [3.05, 3.63) is 29.6 Å². The van der Waals surface area contributed by atoms with Crippen molar-refractivity contribution in [3.8, 4) is 5.75 Å². The van der Waals surface area contributed by atoms with Crippen LogP contribution in [0.25, 0.3) is 0 Å².